The second kappa shape index (κ2) is 5.15. The molecule has 1 heterocycles. The van der Waals surface area contributed by atoms with Crippen molar-refractivity contribution in [2.75, 3.05) is 19.6 Å². The first-order valence-corrected chi connectivity index (χ1v) is 5.22. The van der Waals surface area contributed by atoms with Crippen molar-refractivity contribution in [3.05, 3.63) is 12.2 Å². The molecule has 0 bridgehead atoms. The summed E-state index contributed by atoms with van der Waals surface area (Å²) in [5.74, 6) is -0.330. The summed E-state index contributed by atoms with van der Waals surface area (Å²) in [5, 5.41) is 8.65. The highest BCUT2D eigenvalue weighted by molar-refractivity contribution is 5.67. The normalized spacial score (nSPS) is 22.5. The molecule has 1 fully saturated rings. The molecule has 0 aromatic heterocycles. The Morgan fingerprint density at radius 1 is 1.64 bits per heavy atom. The first kappa shape index (κ1) is 11.2. The summed E-state index contributed by atoms with van der Waals surface area (Å²) in [7, 11) is 0. The molecule has 0 radical (unpaired) electrons. The highest BCUT2D eigenvalue weighted by atomic mass is 16.4. The molecule has 1 unspecified atom stereocenters. The van der Waals surface area contributed by atoms with Crippen molar-refractivity contribution in [2.24, 2.45) is 5.92 Å². The van der Waals surface area contributed by atoms with E-state index in [-0.39, 0.29) is 0 Å². The van der Waals surface area contributed by atoms with Gasteiger partial charge in [0.25, 0.3) is 0 Å². The summed E-state index contributed by atoms with van der Waals surface area (Å²) in [5.41, 5.74) is 1.24. The van der Waals surface area contributed by atoms with Crippen LogP contribution in [0.5, 0.6) is 0 Å². The number of hydrogen-bond acceptors (Lipinski definition) is 2. The molecule has 0 amide bonds. The number of likely N-dealkylation sites (tertiary alicyclic amines) is 1. The Hall–Kier alpha value is -0.830. The monoisotopic (exact) mass is 197 g/mol. The van der Waals surface area contributed by atoms with Crippen LogP contribution in [0.15, 0.2) is 12.2 Å². The number of carbonyl (C=O) groups is 1. The van der Waals surface area contributed by atoms with E-state index in [0.717, 1.165) is 32.5 Å². The van der Waals surface area contributed by atoms with Gasteiger partial charge in [-0.15, -0.1) is 0 Å². The molecule has 0 aromatic rings. The maximum Gasteiger partial charge on any atom is 0.303 e. The molecular formula is C11H19NO2. The van der Waals surface area contributed by atoms with Gasteiger partial charge in [0.05, 0.1) is 0 Å². The number of carboxylic acids is 1. The topological polar surface area (TPSA) is 40.5 Å². The molecule has 1 rings (SSSR count). The minimum absolute atomic E-state index is 0.315. The molecule has 0 aliphatic carbocycles. The number of hydrogen-bond donors (Lipinski definition) is 1. The zero-order valence-electron chi connectivity index (χ0n) is 8.83. The second-order valence-electron chi connectivity index (χ2n) is 4.09. The van der Waals surface area contributed by atoms with Gasteiger partial charge in [-0.3, -0.25) is 9.69 Å². The van der Waals surface area contributed by atoms with Crippen molar-refractivity contribution in [2.45, 2.75) is 26.2 Å². The number of aliphatic carboxylic acids is 1. The van der Waals surface area contributed by atoms with E-state index in [0.29, 0.717) is 12.3 Å². The lowest BCUT2D eigenvalue weighted by Gasteiger charge is -2.16. The van der Waals surface area contributed by atoms with Crippen LogP contribution in [0.2, 0.25) is 0 Å². The Morgan fingerprint density at radius 3 is 2.93 bits per heavy atom. The second-order valence-corrected chi connectivity index (χ2v) is 4.09. The van der Waals surface area contributed by atoms with E-state index in [1.54, 1.807) is 0 Å². The van der Waals surface area contributed by atoms with E-state index in [4.69, 9.17) is 5.11 Å². The average Bonchev–Trinajstić information content (AvgIpc) is 2.51. The highest BCUT2D eigenvalue weighted by Gasteiger charge is 2.24. The van der Waals surface area contributed by atoms with E-state index in [1.807, 2.05) is 0 Å². The third kappa shape index (κ3) is 3.50. The van der Waals surface area contributed by atoms with E-state index in [9.17, 15) is 4.79 Å². The van der Waals surface area contributed by atoms with Crippen LogP contribution in [-0.2, 0) is 4.79 Å². The van der Waals surface area contributed by atoms with Gasteiger partial charge in [0.2, 0.25) is 0 Å². The van der Waals surface area contributed by atoms with Gasteiger partial charge in [-0.1, -0.05) is 19.1 Å². The van der Waals surface area contributed by atoms with Gasteiger partial charge in [-0.2, -0.15) is 0 Å². The summed E-state index contributed by atoms with van der Waals surface area (Å²) in [6, 6.07) is 0. The zero-order chi connectivity index (χ0) is 10.6. The molecule has 1 saturated heterocycles. The summed E-state index contributed by atoms with van der Waals surface area (Å²) in [6.07, 6.45) is 2.35. The fraction of sp³-hybridized carbons (Fsp3) is 0.727. The molecule has 1 atom stereocenters. The van der Waals surface area contributed by atoms with Crippen molar-refractivity contribution in [3.8, 4) is 0 Å². The largest absolute Gasteiger partial charge is 0.481 e. The van der Waals surface area contributed by atoms with E-state index < -0.39 is 5.97 Å². The molecule has 0 spiro atoms. The molecule has 1 aliphatic heterocycles. The van der Waals surface area contributed by atoms with Gasteiger partial charge >= 0.3 is 5.97 Å². The van der Waals surface area contributed by atoms with Gasteiger partial charge in [0, 0.05) is 19.5 Å². The molecular weight excluding hydrogens is 178 g/mol. The minimum atomic E-state index is -0.675. The van der Waals surface area contributed by atoms with Crippen LogP contribution >= 0.6 is 0 Å². The average molecular weight is 197 g/mol. The van der Waals surface area contributed by atoms with Crippen LogP contribution in [-0.4, -0.2) is 35.6 Å². The highest BCUT2D eigenvalue weighted by Crippen LogP contribution is 2.20. The van der Waals surface area contributed by atoms with Crippen molar-refractivity contribution in [1.82, 2.24) is 4.90 Å². The predicted octanol–water partition coefficient (Wildman–Crippen LogP) is 1.75. The maximum atomic E-state index is 10.5. The Balaban J connectivity index is 2.27. The minimum Gasteiger partial charge on any atom is -0.481 e. The summed E-state index contributed by atoms with van der Waals surface area (Å²) in [6.45, 7) is 8.95. The van der Waals surface area contributed by atoms with Crippen LogP contribution in [0, 0.1) is 5.92 Å². The summed E-state index contributed by atoms with van der Waals surface area (Å²) < 4.78 is 0. The SMILES string of the molecule is C=C(CC)CN1CCC(CC(=O)O)C1. The van der Waals surface area contributed by atoms with Crippen LogP contribution in [0.25, 0.3) is 0 Å². The van der Waals surface area contributed by atoms with Crippen LogP contribution in [0.1, 0.15) is 26.2 Å². The summed E-state index contributed by atoms with van der Waals surface area (Å²) in [4.78, 5) is 12.8. The van der Waals surface area contributed by atoms with Crippen LogP contribution in [0.4, 0.5) is 0 Å². The first-order chi connectivity index (χ1) is 6.61. The Labute approximate surface area is 85.4 Å². The number of rotatable bonds is 5. The van der Waals surface area contributed by atoms with Gasteiger partial charge in [-0.25, -0.2) is 0 Å². The maximum absolute atomic E-state index is 10.5. The van der Waals surface area contributed by atoms with Crippen molar-refractivity contribution < 1.29 is 9.90 Å². The van der Waals surface area contributed by atoms with Crippen LogP contribution in [0.3, 0.4) is 0 Å². The lowest BCUT2D eigenvalue weighted by atomic mass is 10.1. The van der Waals surface area contributed by atoms with Gasteiger partial charge in [-0.05, 0) is 25.3 Å². The number of carboxylic acid groups (broad SMARTS) is 1. The van der Waals surface area contributed by atoms with Gasteiger partial charge in [0.15, 0.2) is 0 Å². The van der Waals surface area contributed by atoms with Crippen molar-refractivity contribution in [3.63, 3.8) is 0 Å². The Kier molecular flexibility index (Phi) is 4.14. The molecule has 0 aromatic carbocycles. The third-order valence-corrected chi connectivity index (χ3v) is 2.78. The number of nitrogens with zero attached hydrogens (tertiary/aromatic N) is 1. The Bertz CT molecular complexity index is 225. The fourth-order valence-electron chi connectivity index (χ4n) is 1.90. The van der Waals surface area contributed by atoms with Gasteiger partial charge < -0.3 is 5.11 Å². The van der Waals surface area contributed by atoms with E-state index >= 15 is 0 Å². The molecule has 1 aliphatic rings. The standard InChI is InChI=1S/C11H19NO2/c1-3-9(2)7-12-5-4-10(8-12)6-11(13)14/h10H,2-8H2,1H3,(H,13,14). The van der Waals surface area contributed by atoms with Crippen molar-refractivity contribution >= 4 is 5.97 Å². The molecule has 0 saturated carbocycles. The molecule has 1 N–H and O–H groups in total. The zero-order valence-corrected chi connectivity index (χ0v) is 8.83. The van der Waals surface area contributed by atoms with E-state index in [1.165, 1.54) is 5.57 Å². The van der Waals surface area contributed by atoms with E-state index in [2.05, 4.69) is 18.4 Å². The molecule has 80 valence electrons. The molecule has 14 heavy (non-hydrogen) atoms. The fourth-order valence-corrected chi connectivity index (χ4v) is 1.90. The lowest BCUT2D eigenvalue weighted by molar-refractivity contribution is -0.138. The summed E-state index contributed by atoms with van der Waals surface area (Å²) >= 11 is 0. The molecule has 3 heteroatoms. The predicted molar refractivity (Wildman–Crippen MR) is 56.2 cm³/mol. The lowest BCUT2D eigenvalue weighted by Crippen LogP contribution is -2.23. The Morgan fingerprint density at radius 2 is 2.36 bits per heavy atom. The van der Waals surface area contributed by atoms with Crippen LogP contribution < -0.4 is 0 Å². The first-order valence-electron chi connectivity index (χ1n) is 5.22. The van der Waals surface area contributed by atoms with Crippen molar-refractivity contribution in [1.29, 1.82) is 0 Å². The third-order valence-electron chi connectivity index (χ3n) is 2.78. The molecule has 3 nitrogen and oxygen atoms in total. The quantitative estimate of drug-likeness (QED) is 0.683. The smallest absolute Gasteiger partial charge is 0.303 e. The van der Waals surface area contributed by atoms with Gasteiger partial charge in [0.1, 0.15) is 0 Å².